The topological polar surface area (TPSA) is 34.1 Å². The smallest absolute Gasteiger partial charge is 0.134 e. The van der Waals surface area contributed by atoms with Gasteiger partial charge in [0.15, 0.2) is 0 Å². The van der Waals surface area contributed by atoms with Crippen molar-refractivity contribution in [3.05, 3.63) is 29.8 Å². The molecule has 76 valence electrons. The van der Waals surface area contributed by atoms with Crippen LogP contribution in [0.1, 0.15) is 19.4 Å². The van der Waals surface area contributed by atoms with E-state index in [1.807, 2.05) is 31.2 Å². The molecular weight excluding hydrogens is 196 g/mol. The minimum atomic E-state index is -0.896. The van der Waals surface area contributed by atoms with Crippen LogP contribution in [-0.4, -0.2) is 15.7 Å². The van der Waals surface area contributed by atoms with Crippen molar-refractivity contribution < 1.29 is 9.00 Å². The van der Waals surface area contributed by atoms with Crippen molar-refractivity contribution in [1.29, 1.82) is 0 Å². The summed E-state index contributed by atoms with van der Waals surface area (Å²) in [6, 6.07) is 7.39. The molecule has 0 aliphatic heterocycles. The number of carbonyl (C=O) groups excluding carboxylic acids is 1. The Kier molecular flexibility index (Phi) is 4.01. The molecule has 0 bridgehead atoms. The lowest BCUT2D eigenvalue weighted by Gasteiger charge is -2.01. The largest absolute Gasteiger partial charge is 0.300 e. The van der Waals surface area contributed by atoms with Crippen LogP contribution >= 0.6 is 0 Å². The highest BCUT2D eigenvalue weighted by molar-refractivity contribution is 7.85. The fourth-order valence-corrected chi connectivity index (χ4v) is 1.99. The minimum Gasteiger partial charge on any atom is -0.300 e. The van der Waals surface area contributed by atoms with Gasteiger partial charge in [0.2, 0.25) is 0 Å². The van der Waals surface area contributed by atoms with Gasteiger partial charge >= 0.3 is 0 Å². The summed E-state index contributed by atoms with van der Waals surface area (Å²) in [6.07, 6.45) is 0.457. The second-order valence-electron chi connectivity index (χ2n) is 3.16. The van der Waals surface area contributed by atoms with Gasteiger partial charge in [-0.1, -0.05) is 19.1 Å². The fourth-order valence-electron chi connectivity index (χ4n) is 1.21. The molecule has 1 unspecified atom stereocenters. The van der Waals surface area contributed by atoms with Gasteiger partial charge in [-0.15, -0.1) is 0 Å². The van der Waals surface area contributed by atoms with Crippen molar-refractivity contribution in [2.75, 3.05) is 5.75 Å². The second kappa shape index (κ2) is 5.05. The molecule has 14 heavy (non-hydrogen) atoms. The lowest BCUT2D eigenvalue weighted by Crippen LogP contribution is -1.98. The molecule has 0 heterocycles. The Labute approximate surface area is 86.8 Å². The van der Waals surface area contributed by atoms with Gasteiger partial charge in [0.05, 0.1) is 10.8 Å². The summed E-state index contributed by atoms with van der Waals surface area (Å²) in [7, 11) is -0.896. The number of benzene rings is 1. The first-order valence-electron chi connectivity index (χ1n) is 4.60. The summed E-state index contributed by atoms with van der Waals surface area (Å²) < 4.78 is 11.4. The van der Waals surface area contributed by atoms with Gasteiger partial charge in [-0.3, -0.25) is 9.00 Å². The Balaban J connectivity index is 2.78. The number of hydrogen-bond donors (Lipinski definition) is 0. The third kappa shape index (κ3) is 3.07. The van der Waals surface area contributed by atoms with Gasteiger partial charge in [-0.05, 0) is 24.6 Å². The van der Waals surface area contributed by atoms with Crippen LogP contribution in [0.5, 0.6) is 0 Å². The highest BCUT2D eigenvalue weighted by Crippen LogP contribution is 2.09. The highest BCUT2D eigenvalue weighted by atomic mass is 32.2. The Morgan fingerprint density at radius 1 is 1.29 bits per heavy atom. The molecular formula is C11H14O2S. The van der Waals surface area contributed by atoms with Crippen LogP contribution in [0.2, 0.25) is 0 Å². The van der Waals surface area contributed by atoms with Crippen molar-refractivity contribution in [1.82, 2.24) is 0 Å². The molecule has 0 saturated heterocycles. The van der Waals surface area contributed by atoms with E-state index >= 15 is 0 Å². The number of Topliss-reactive ketones (excluding diaryl/α,β-unsaturated/α-hetero) is 1. The monoisotopic (exact) mass is 210 g/mol. The van der Waals surface area contributed by atoms with Crippen LogP contribution in [0.4, 0.5) is 0 Å². The maximum atomic E-state index is 11.4. The molecule has 1 aromatic carbocycles. The third-order valence-electron chi connectivity index (χ3n) is 1.90. The lowest BCUT2D eigenvalue weighted by molar-refractivity contribution is -0.116. The number of ketones is 1. The van der Waals surface area contributed by atoms with Crippen LogP contribution < -0.4 is 0 Å². The molecule has 0 amide bonds. The van der Waals surface area contributed by atoms with Crippen molar-refractivity contribution in [2.45, 2.75) is 25.2 Å². The molecule has 0 fully saturated rings. The zero-order valence-corrected chi connectivity index (χ0v) is 9.26. The van der Waals surface area contributed by atoms with Crippen LogP contribution in [0.25, 0.3) is 0 Å². The van der Waals surface area contributed by atoms with Gasteiger partial charge < -0.3 is 0 Å². The molecule has 0 saturated carbocycles. The van der Waals surface area contributed by atoms with E-state index in [0.717, 1.165) is 10.5 Å². The lowest BCUT2D eigenvalue weighted by atomic mass is 10.1. The molecule has 0 N–H and O–H groups in total. The van der Waals surface area contributed by atoms with E-state index in [4.69, 9.17) is 0 Å². The second-order valence-corrected chi connectivity index (χ2v) is 4.90. The van der Waals surface area contributed by atoms with E-state index in [1.165, 1.54) is 0 Å². The maximum absolute atomic E-state index is 11.4. The summed E-state index contributed by atoms with van der Waals surface area (Å²) >= 11 is 0. The van der Waals surface area contributed by atoms with Gasteiger partial charge in [-0.2, -0.15) is 0 Å². The predicted octanol–water partition coefficient (Wildman–Crippen LogP) is 1.95. The number of rotatable bonds is 4. The van der Waals surface area contributed by atoms with E-state index in [-0.39, 0.29) is 5.78 Å². The number of hydrogen-bond acceptors (Lipinski definition) is 2. The Morgan fingerprint density at radius 3 is 2.29 bits per heavy atom. The molecule has 0 aliphatic rings. The minimum absolute atomic E-state index is 0.148. The van der Waals surface area contributed by atoms with Gasteiger partial charge in [0, 0.05) is 17.1 Å². The van der Waals surface area contributed by atoms with Crippen molar-refractivity contribution in [3.8, 4) is 0 Å². The Hall–Kier alpha value is -0.960. The fraction of sp³-hybridized carbons (Fsp3) is 0.364. The standard InChI is InChI=1S/C11H14O2S/c1-3-14(13)11-6-4-10(5-7-11)8-9(2)12/h4-7H,3,8H2,1-2H3. The maximum Gasteiger partial charge on any atom is 0.134 e. The Bertz CT molecular complexity index is 341. The average Bonchev–Trinajstić information content (AvgIpc) is 2.17. The van der Waals surface area contributed by atoms with E-state index in [1.54, 1.807) is 6.92 Å². The highest BCUT2D eigenvalue weighted by Gasteiger charge is 2.01. The van der Waals surface area contributed by atoms with Crippen molar-refractivity contribution in [3.63, 3.8) is 0 Å². The average molecular weight is 210 g/mol. The molecule has 1 aromatic rings. The zero-order valence-electron chi connectivity index (χ0n) is 8.45. The molecule has 2 nitrogen and oxygen atoms in total. The van der Waals surface area contributed by atoms with E-state index in [0.29, 0.717) is 12.2 Å². The zero-order chi connectivity index (χ0) is 10.6. The summed E-state index contributed by atoms with van der Waals surface area (Å²) in [5.41, 5.74) is 0.981. The molecule has 0 radical (unpaired) electrons. The van der Waals surface area contributed by atoms with E-state index in [9.17, 15) is 9.00 Å². The van der Waals surface area contributed by atoms with Gasteiger partial charge in [0.25, 0.3) is 0 Å². The molecule has 0 aliphatic carbocycles. The van der Waals surface area contributed by atoms with Crippen LogP contribution in [0.3, 0.4) is 0 Å². The third-order valence-corrected chi connectivity index (χ3v) is 3.22. The molecule has 3 heteroatoms. The first kappa shape index (κ1) is 11.1. The first-order valence-corrected chi connectivity index (χ1v) is 5.92. The van der Waals surface area contributed by atoms with Crippen LogP contribution in [-0.2, 0) is 22.0 Å². The van der Waals surface area contributed by atoms with E-state index in [2.05, 4.69) is 0 Å². The summed E-state index contributed by atoms with van der Waals surface area (Å²) in [5, 5.41) is 0. The van der Waals surface area contributed by atoms with E-state index < -0.39 is 10.8 Å². The quantitative estimate of drug-likeness (QED) is 0.761. The summed E-state index contributed by atoms with van der Waals surface area (Å²) in [5.74, 6) is 0.779. The molecule has 0 aromatic heterocycles. The SMILES string of the molecule is CCS(=O)c1ccc(CC(C)=O)cc1. The summed E-state index contributed by atoms with van der Waals surface area (Å²) in [6.45, 7) is 3.46. The van der Waals surface area contributed by atoms with Crippen molar-refractivity contribution >= 4 is 16.6 Å². The summed E-state index contributed by atoms with van der Waals surface area (Å²) in [4.78, 5) is 11.7. The van der Waals surface area contributed by atoms with Gasteiger partial charge in [0.1, 0.15) is 5.78 Å². The Morgan fingerprint density at radius 2 is 1.86 bits per heavy atom. The van der Waals surface area contributed by atoms with Gasteiger partial charge in [-0.25, -0.2) is 0 Å². The molecule has 0 spiro atoms. The normalized spacial score (nSPS) is 12.4. The van der Waals surface area contributed by atoms with Crippen molar-refractivity contribution in [2.24, 2.45) is 0 Å². The first-order chi connectivity index (χ1) is 6.63. The molecule has 1 rings (SSSR count). The van der Waals surface area contributed by atoms with Crippen LogP contribution in [0, 0.1) is 0 Å². The predicted molar refractivity (Wildman–Crippen MR) is 57.8 cm³/mol. The number of carbonyl (C=O) groups is 1. The molecule has 1 atom stereocenters. The van der Waals surface area contributed by atoms with Crippen LogP contribution in [0.15, 0.2) is 29.2 Å².